The van der Waals surface area contributed by atoms with E-state index in [1.165, 1.54) is 0 Å². The van der Waals surface area contributed by atoms with Crippen LogP contribution in [-0.2, 0) is 4.79 Å². The highest BCUT2D eigenvalue weighted by molar-refractivity contribution is 5.79. The second-order valence-electron chi connectivity index (χ2n) is 5.27. The van der Waals surface area contributed by atoms with Crippen molar-refractivity contribution in [2.24, 2.45) is 5.92 Å². The monoisotopic (exact) mass is 215 g/mol. The van der Waals surface area contributed by atoms with Crippen LogP contribution < -0.4 is 0 Å². The van der Waals surface area contributed by atoms with E-state index < -0.39 is 5.67 Å². The average molecular weight is 215 g/mol. The average Bonchev–Trinajstić information content (AvgIpc) is 2.09. The molecule has 0 amide bonds. The molecule has 1 rings (SSSR count). The second kappa shape index (κ2) is 5.06. The lowest BCUT2D eigenvalue weighted by Gasteiger charge is -2.34. The van der Waals surface area contributed by atoms with Crippen LogP contribution in [0.2, 0.25) is 0 Å². The molecule has 0 aromatic rings. The lowest BCUT2D eigenvalue weighted by atomic mass is 9.87. The van der Waals surface area contributed by atoms with E-state index in [4.69, 9.17) is 0 Å². The van der Waals surface area contributed by atoms with Gasteiger partial charge < -0.3 is 4.90 Å². The second-order valence-corrected chi connectivity index (χ2v) is 5.27. The molecule has 1 aliphatic heterocycles. The van der Waals surface area contributed by atoms with Crippen LogP contribution in [0.1, 0.15) is 39.5 Å². The lowest BCUT2D eigenvalue weighted by molar-refractivity contribution is -0.123. The van der Waals surface area contributed by atoms with Gasteiger partial charge in [-0.1, -0.05) is 13.8 Å². The first-order valence-corrected chi connectivity index (χ1v) is 5.80. The molecule has 3 heteroatoms. The number of rotatable bonds is 4. The molecule has 0 spiro atoms. The molecule has 1 aliphatic rings. The van der Waals surface area contributed by atoms with Crippen LogP contribution in [0, 0.1) is 5.92 Å². The number of ketones is 1. The number of likely N-dealkylation sites (tertiary alicyclic amines) is 1. The number of Topliss-reactive ketones (excluding diaryl/α,β-unsaturated/α-hetero) is 1. The Hall–Kier alpha value is -0.440. The maximum Gasteiger partial charge on any atom is 0.136 e. The fraction of sp³-hybridized carbons (Fsp3) is 0.917. The van der Waals surface area contributed by atoms with Gasteiger partial charge in [0, 0.05) is 25.9 Å². The normalized spacial score (nSPS) is 21.9. The van der Waals surface area contributed by atoms with E-state index in [0.29, 0.717) is 25.2 Å². The minimum Gasteiger partial charge on any atom is -0.306 e. The van der Waals surface area contributed by atoms with Crippen LogP contribution in [0.15, 0.2) is 0 Å². The third-order valence-electron chi connectivity index (χ3n) is 3.03. The van der Waals surface area contributed by atoms with Crippen LogP contribution in [-0.4, -0.2) is 36.5 Å². The quantitative estimate of drug-likeness (QED) is 0.718. The van der Waals surface area contributed by atoms with E-state index >= 15 is 0 Å². The first-order chi connectivity index (χ1) is 6.91. The lowest BCUT2D eigenvalue weighted by Crippen LogP contribution is -2.41. The van der Waals surface area contributed by atoms with Crippen LogP contribution in [0.25, 0.3) is 0 Å². The van der Waals surface area contributed by atoms with Crippen LogP contribution >= 0.6 is 0 Å². The molecule has 0 saturated carbocycles. The number of nitrogens with zero attached hydrogens (tertiary/aromatic N) is 1. The van der Waals surface area contributed by atoms with Crippen molar-refractivity contribution in [2.45, 2.75) is 45.2 Å². The highest BCUT2D eigenvalue weighted by Crippen LogP contribution is 2.30. The maximum atomic E-state index is 14.2. The number of carbonyl (C=O) groups is 1. The first kappa shape index (κ1) is 12.6. The molecular weight excluding hydrogens is 193 g/mol. The summed E-state index contributed by atoms with van der Waals surface area (Å²) < 4.78 is 14.2. The topological polar surface area (TPSA) is 20.3 Å². The zero-order valence-electron chi connectivity index (χ0n) is 10.1. The fourth-order valence-corrected chi connectivity index (χ4v) is 2.08. The summed E-state index contributed by atoms with van der Waals surface area (Å²) in [5.41, 5.74) is -1.22. The van der Waals surface area contributed by atoms with Crippen molar-refractivity contribution in [1.82, 2.24) is 4.90 Å². The number of hydrogen-bond acceptors (Lipinski definition) is 2. The highest BCUT2D eigenvalue weighted by atomic mass is 19.1. The fourth-order valence-electron chi connectivity index (χ4n) is 2.08. The molecule has 1 heterocycles. The molecule has 0 N–H and O–H groups in total. The maximum absolute atomic E-state index is 14.2. The van der Waals surface area contributed by atoms with Gasteiger partial charge in [-0.15, -0.1) is 0 Å². The zero-order chi connectivity index (χ0) is 11.5. The van der Waals surface area contributed by atoms with E-state index in [2.05, 4.69) is 4.90 Å². The van der Waals surface area contributed by atoms with Gasteiger partial charge in [0.05, 0.1) is 0 Å². The Balaban J connectivity index is 2.39. The third kappa shape index (κ3) is 4.29. The number of alkyl halides is 1. The van der Waals surface area contributed by atoms with Crippen molar-refractivity contribution >= 4 is 5.78 Å². The van der Waals surface area contributed by atoms with E-state index in [0.717, 1.165) is 13.1 Å². The number of halogens is 1. The molecule has 0 radical (unpaired) electrons. The van der Waals surface area contributed by atoms with Gasteiger partial charge >= 0.3 is 0 Å². The minimum atomic E-state index is -1.22. The number of carbonyl (C=O) groups excluding carboxylic acids is 1. The Morgan fingerprint density at radius 3 is 2.40 bits per heavy atom. The molecule has 2 nitrogen and oxygen atoms in total. The summed E-state index contributed by atoms with van der Waals surface area (Å²) in [5, 5.41) is 0. The molecule has 15 heavy (non-hydrogen) atoms. The molecule has 0 unspecified atom stereocenters. The van der Waals surface area contributed by atoms with E-state index in [9.17, 15) is 9.18 Å². The van der Waals surface area contributed by atoms with Crippen LogP contribution in [0.5, 0.6) is 0 Å². The van der Waals surface area contributed by atoms with E-state index in [-0.39, 0.29) is 12.2 Å². The molecular formula is C12H22FNO. The standard InChI is InChI=1S/C12H22FNO/c1-10(2)8-11(15)9-12(13)4-6-14(3)7-5-12/h10H,4-9H2,1-3H3. The summed E-state index contributed by atoms with van der Waals surface area (Å²) in [7, 11) is 2.00. The zero-order valence-corrected chi connectivity index (χ0v) is 10.1. The number of hydrogen-bond donors (Lipinski definition) is 0. The molecule has 0 aromatic carbocycles. The van der Waals surface area contributed by atoms with Gasteiger partial charge in [0.2, 0.25) is 0 Å². The van der Waals surface area contributed by atoms with Crippen LogP contribution in [0.4, 0.5) is 4.39 Å². The molecule has 0 bridgehead atoms. The summed E-state index contributed by atoms with van der Waals surface area (Å²) in [5.74, 6) is 0.421. The van der Waals surface area contributed by atoms with Crippen molar-refractivity contribution in [2.75, 3.05) is 20.1 Å². The van der Waals surface area contributed by atoms with Crippen molar-refractivity contribution in [1.29, 1.82) is 0 Å². The Labute approximate surface area is 91.8 Å². The van der Waals surface area contributed by atoms with E-state index in [1.54, 1.807) is 0 Å². The van der Waals surface area contributed by atoms with Gasteiger partial charge in [-0.2, -0.15) is 0 Å². The predicted molar refractivity (Wildman–Crippen MR) is 59.6 cm³/mol. The van der Waals surface area contributed by atoms with Crippen molar-refractivity contribution in [3.63, 3.8) is 0 Å². The van der Waals surface area contributed by atoms with Gasteiger partial charge in [0.15, 0.2) is 0 Å². The Morgan fingerprint density at radius 2 is 1.93 bits per heavy atom. The van der Waals surface area contributed by atoms with Gasteiger partial charge in [0.1, 0.15) is 11.5 Å². The van der Waals surface area contributed by atoms with Gasteiger partial charge in [-0.05, 0) is 25.8 Å². The van der Waals surface area contributed by atoms with Crippen LogP contribution in [0.3, 0.4) is 0 Å². The highest BCUT2D eigenvalue weighted by Gasteiger charge is 2.35. The minimum absolute atomic E-state index is 0.0806. The molecule has 88 valence electrons. The summed E-state index contributed by atoms with van der Waals surface area (Å²) in [6.45, 7) is 5.53. The Morgan fingerprint density at radius 1 is 1.40 bits per heavy atom. The van der Waals surface area contributed by atoms with Gasteiger partial charge in [-0.25, -0.2) is 4.39 Å². The van der Waals surface area contributed by atoms with Gasteiger partial charge in [-0.3, -0.25) is 4.79 Å². The van der Waals surface area contributed by atoms with Crippen molar-refractivity contribution in [3.8, 4) is 0 Å². The summed E-state index contributed by atoms with van der Waals surface area (Å²) in [4.78, 5) is 13.7. The molecule has 1 fully saturated rings. The smallest absolute Gasteiger partial charge is 0.136 e. The molecule has 0 aliphatic carbocycles. The summed E-state index contributed by atoms with van der Waals surface area (Å²) >= 11 is 0. The summed E-state index contributed by atoms with van der Waals surface area (Å²) in [6.07, 6.45) is 1.65. The predicted octanol–water partition coefficient (Wildman–Crippen LogP) is 2.43. The number of piperidine rings is 1. The molecule has 1 saturated heterocycles. The summed E-state index contributed by atoms with van der Waals surface area (Å²) in [6, 6.07) is 0. The Kier molecular flexibility index (Phi) is 4.26. The largest absolute Gasteiger partial charge is 0.306 e. The third-order valence-corrected chi connectivity index (χ3v) is 3.03. The first-order valence-electron chi connectivity index (χ1n) is 5.80. The molecule has 0 aromatic heterocycles. The Bertz CT molecular complexity index is 220. The van der Waals surface area contributed by atoms with Crippen molar-refractivity contribution in [3.05, 3.63) is 0 Å². The van der Waals surface area contributed by atoms with Gasteiger partial charge in [0.25, 0.3) is 0 Å². The van der Waals surface area contributed by atoms with E-state index in [1.807, 2.05) is 20.9 Å². The van der Waals surface area contributed by atoms with Crippen molar-refractivity contribution < 1.29 is 9.18 Å². The SMILES string of the molecule is CC(C)CC(=O)CC1(F)CCN(C)CC1. The molecule has 0 atom stereocenters.